The number of sulfonamides is 1. The maximum absolute atomic E-state index is 12.8. The van der Waals surface area contributed by atoms with Gasteiger partial charge in [0.2, 0.25) is 15.9 Å². The van der Waals surface area contributed by atoms with Crippen molar-refractivity contribution in [1.82, 2.24) is 15.0 Å². The molecule has 1 atom stereocenters. The Morgan fingerprint density at radius 3 is 2.56 bits per heavy atom. The second-order valence-electron chi connectivity index (χ2n) is 6.55. The van der Waals surface area contributed by atoms with E-state index in [4.69, 9.17) is 4.74 Å². The van der Waals surface area contributed by atoms with Crippen molar-refractivity contribution in [1.29, 1.82) is 0 Å². The SMILES string of the molecule is COc1ccc(S(=O)(=O)N[C@H](C(=O)NCc2cccnc2)C(C)C)c(C)c1. The summed E-state index contributed by atoms with van der Waals surface area (Å²) in [5.74, 6) is -0.0445. The van der Waals surface area contributed by atoms with E-state index < -0.39 is 16.1 Å². The van der Waals surface area contributed by atoms with Crippen LogP contribution in [0.1, 0.15) is 25.0 Å². The smallest absolute Gasteiger partial charge is 0.241 e. The lowest BCUT2D eigenvalue weighted by molar-refractivity contribution is -0.123. The predicted molar refractivity (Wildman–Crippen MR) is 103 cm³/mol. The van der Waals surface area contributed by atoms with E-state index in [0.717, 1.165) is 5.56 Å². The largest absolute Gasteiger partial charge is 0.497 e. The minimum atomic E-state index is -3.87. The van der Waals surface area contributed by atoms with E-state index in [2.05, 4.69) is 15.0 Å². The van der Waals surface area contributed by atoms with Gasteiger partial charge < -0.3 is 10.1 Å². The van der Waals surface area contributed by atoms with Gasteiger partial charge >= 0.3 is 0 Å². The van der Waals surface area contributed by atoms with Crippen molar-refractivity contribution < 1.29 is 17.9 Å². The van der Waals surface area contributed by atoms with Crippen molar-refractivity contribution in [2.45, 2.75) is 38.3 Å². The Bertz CT molecular complexity index is 883. The monoisotopic (exact) mass is 391 g/mol. The number of nitrogens with one attached hydrogen (secondary N) is 2. The highest BCUT2D eigenvalue weighted by atomic mass is 32.2. The number of hydrogen-bond donors (Lipinski definition) is 2. The van der Waals surface area contributed by atoms with Gasteiger partial charge in [-0.2, -0.15) is 4.72 Å². The number of carbonyl (C=O) groups is 1. The van der Waals surface area contributed by atoms with E-state index in [9.17, 15) is 13.2 Å². The molecule has 0 aliphatic heterocycles. The minimum Gasteiger partial charge on any atom is -0.497 e. The first-order valence-corrected chi connectivity index (χ1v) is 10.1. The van der Waals surface area contributed by atoms with E-state index in [-0.39, 0.29) is 23.3 Å². The molecule has 0 bridgehead atoms. The second-order valence-corrected chi connectivity index (χ2v) is 8.24. The summed E-state index contributed by atoms with van der Waals surface area (Å²) in [5, 5.41) is 2.76. The van der Waals surface area contributed by atoms with Gasteiger partial charge in [0.05, 0.1) is 12.0 Å². The number of nitrogens with zero attached hydrogens (tertiary/aromatic N) is 1. The van der Waals surface area contributed by atoms with Crippen LogP contribution < -0.4 is 14.8 Å². The third kappa shape index (κ3) is 5.51. The lowest BCUT2D eigenvalue weighted by atomic mass is 10.0. The molecule has 2 rings (SSSR count). The lowest BCUT2D eigenvalue weighted by Crippen LogP contribution is -2.49. The Morgan fingerprint density at radius 2 is 2.00 bits per heavy atom. The number of ether oxygens (including phenoxy) is 1. The van der Waals surface area contributed by atoms with Gasteiger partial charge in [0.25, 0.3) is 0 Å². The van der Waals surface area contributed by atoms with Gasteiger partial charge in [0.15, 0.2) is 0 Å². The fourth-order valence-electron chi connectivity index (χ4n) is 2.58. The van der Waals surface area contributed by atoms with Crippen LogP contribution in [0.4, 0.5) is 0 Å². The van der Waals surface area contributed by atoms with Crippen molar-refractivity contribution in [3.8, 4) is 5.75 Å². The summed E-state index contributed by atoms with van der Waals surface area (Å²) < 4.78 is 33.2. The Morgan fingerprint density at radius 1 is 1.26 bits per heavy atom. The van der Waals surface area contributed by atoms with Crippen molar-refractivity contribution >= 4 is 15.9 Å². The maximum Gasteiger partial charge on any atom is 0.241 e. The van der Waals surface area contributed by atoms with Crippen LogP contribution in [0, 0.1) is 12.8 Å². The molecular formula is C19H25N3O4S. The third-order valence-electron chi connectivity index (χ3n) is 4.09. The number of benzene rings is 1. The number of hydrogen-bond acceptors (Lipinski definition) is 5. The van der Waals surface area contributed by atoms with E-state index in [1.807, 2.05) is 6.07 Å². The van der Waals surface area contributed by atoms with Gasteiger partial charge in [0, 0.05) is 18.9 Å². The number of aromatic nitrogens is 1. The summed E-state index contributed by atoms with van der Waals surface area (Å²) in [6.45, 7) is 5.54. The third-order valence-corrected chi connectivity index (χ3v) is 5.69. The molecule has 8 heteroatoms. The molecule has 0 unspecified atom stereocenters. The van der Waals surface area contributed by atoms with Crippen molar-refractivity contribution in [3.63, 3.8) is 0 Å². The van der Waals surface area contributed by atoms with Crippen molar-refractivity contribution in [3.05, 3.63) is 53.9 Å². The summed E-state index contributed by atoms with van der Waals surface area (Å²) in [6.07, 6.45) is 3.29. The predicted octanol–water partition coefficient (Wildman–Crippen LogP) is 2.02. The van der Waals surface area contributed by atoms with Crippen LogP contribution in [0.25, 0.3) is 0 Å². The summed E-state index contributed by atoms with van der Waals surface area (Å²) in [4.78, 5) is 16.7. The first kappa shape index (κ1) is 20.9. The summed E-state index contributed by atoms with van der Waals surface area (Å²) in [5.41, 5.74) is 1.38. The molecule has 0 saturated carbocycles. The molecule has 1 heterocycles. The van der Waals surface area contributed by atoms with Crippen molar-refractivity contribution in [2.75, 3.05) is 7.11 Å². The Hall–Kier alpha value is -2.45. The standard InChI is InChI=1S/C19H25N3O4S/c1-13(2)18(19(23)21-12-15-6-5-9-20-11-15)22-27(24,25)17-8-7-16(26-4)10-14(17)3/h5-11,13,18,22H,12H2,1-4H3,(H,21,23)/t18-/m0/s1. The number of carbonyl (C=O) groups excluding carboxylic acids is 1. The molecule has 0 aliphatic rings. The van der Waals surface area contributed by atoms with Crippen LogP contribution in [0.15, 0.2) is 47.6 Å². The highest BCUT2D eigenvalue weighted by Gasteiger charge is 2.29. The zero-order chi connectivity index (χ0) is 20.0. The molecule has 0 fully saturated rings. The Labute approximate surface area is 160 Å². The summed E-state index contributed by atoms with van der Waals surface area (Å²) >= 11 is 0. The number of methoxy groups -OCH3 is 1. The van der Waals surface area contributed by atoms with Crippen LogP contribution in [0.5, 0.6) is 5.75 Å². The molecule has 2 N–H and O–H groups in total. The topological polar surface area (TPSA) is 97.4 Å². The molecule has 1 amide bonds. The zero-order valence-corrected chi connectivity index (χ0v) is 16.7. The molecule has 0 spiro atoms. The van der Waals surface area contributed by atoms with Crippen LogP contribution in [-0.2, 0) is 21.4 Å². The number of amides is 1. The molecule has 1 aromatic heterocycles. The van der Waals surface area contributed by atoms with Crippen LogP contribution >= 0.6 is 0 Å². The van der Waals surface area contributed by atoms with Gasteiger partial charge in [-0.15, -0.1) is 0 Å². The molecule has 1 aromatic carbocycles. The molecule has 146 valence electrons. The zero-order valence-electron chi connectivity index (χ0n) is 15.9. The van der Waals surface area contributed by atoms with Gasteiger partial charge in [-0.1, -0.05) is 19.9 Å². The van der Waals surface area contributed by atoms with E-state index in [1.54, 1.807) is 51.4 Å². The lowest BCUT2D eigenvalue weighted by Gasteiger charge is -2.22. The minimum absolute atomic E-state index is 0.119. The first-order chi connectivity index (χ1) is 12.7. The Balaban J connectivity index is 2.15. The Kier molecular flexibility index (Phi) is 6.92. The van der Waals surface area contributed by atoms with Crippen LogP contribution in [-0.4, -0.2) is 32.5 Å². The van der Waals surface area contributed by atoms with E-state index >= 15 is 0 Å². The molecule has 0 saturated heterocycles. The van der Waals surface area contributed by atoms with E-state index in [0.29, 0.717) is 11.3 Å². The number of pyridine rings is 1. The molecular weight excluding hydrogens is 366 g/mol. The van der Waals surface area contributed by atoms with Gasteiger partial charge in [-0.25, -0.2) is 8.42 Å². The quantitative estimate of drug-likeness (QED) is 0.717. The highest BCUT2D eigenvalue weighted by molar-refractivity contribution is 7.89. The normalized spacial score (nSPS) is 12.6. The van der Waals surface area contributed by atoms with Crippen molar-refractivity contribution in [2.24, 2.45) is 5.92 Å². The second kappa shape index (κ2) is 8.96. The van der Waals surface area contributed by atoms with Crippen LogP contribution in [0.2, 0.25) is 0 Å². The fourth-order valence-corrected chi connectivity index (χ4v) is 4.15. The van der Waals surface area contributed by atoms with Gasteiger partial charge in [-0.3, -0.25) is 9.78 Å². The van der Waals surface area contributed by atoms with Gasteiger partial charge in [0.1, 0.15) is 11.8 Å². The van der Waals surface area contributed by atoms with Crippen LogP contribution in [0.3, 0.4) is 0 Å². The molecule has 0 radical (unpaired) electrons. The first-order valence-electron chi connectivity index (χ1n) is 8.58. The van der Waals surface area contributed by atoms with Gasteiger partial charge in [-0.05, 0) is 48.2 Å². The average Bonchev–Trinajstić information content (AvgIpc) is 2.64. The number of rotatable bonds is 8. The maximum atomic E-state index is 12.8. The molecule has 2 aromatic rings. The summed E-state index contributed by atoms with van der Waals surface area (Å²) in [7, 11) is -2.35. The van der Waals surface area contributed by atoms with E-state index in [1.165, 1.54) is 13.2 Å². The highest BCUT2D eigenvalue weighted by Crippen LogP contribution is 2.21. The molecule has 0 aliphatic carbocycles. The average molecular weight is 391 g/mol. The molecule has 7 nitrogen and oxygen atoms in total. The molecule has 27 heavy (non-hydrogen) atoms. The number of aryl methyl sites for hydroxylation is 1. The summed E-state index contributed by atoms with van der Waals surface area (Å²) in [6, 6.07) is 7.41. The fraction of sp³-hybridized carbons (Fsp3) is 0.368.